The second-order valence-corrected chi connectivity index (χ2v) is 7.27. The zero-order valence-corrected chi connectivity index (χ0v) is 19.9. The fraction of sp³-hybridized carbons (Fsp3) is 0.0741. The molecule has 1 aromatic heterocycles. The van der Waals surface area contributed by atoms with Crippen molar-refractivity contribution in [2.24, 2.45) is 0 Å². The second-order valence-electron chi connectivity index (χ2n) is 7.27. The predicted octanol–water partition coefficient (Wildman–Crippen LogP) is 5.95. The fourth-order valence-electron chi connectivity index (χ4n) is 3.77. The molecule has 5 rings (SSSR count). The zero-order valence-electron chi connectivity index (χ0n) is 17.5. The van der Waals surface area contributed by atoms with Crippen molar-refractivity contribution in [3.8, 4) is 22.4 Å². The van der Waals surface area contributed by atoms with Crippen molar-refractivity contribution in [3.63, 3.8) is 0 Å². The van der Waals surface area contributed by atoms with Gasteiger partial charge in [-0.15, -0.1) is 35.9 Å². The number of carbonyl (C=O) groups is 2. The number of ketones is 2. The van der Waals surface area contributed by atoms with Crippen molar-refractivity contribution in [2.75, 3.05) is 0 Å². The van der Waals surface area contributed by atoms with Crippen LogP contribution in [0.3, 0.4) is 0 Å². The summed E-state index contributed by atoms with van der Waals surface area (Å²) in [7, 11) is 0. The van der Waals surface area contributed by atoms with E-state index in [1.807, 2.05) is 72.8 Å². The first-order chi connectivity index (χ1) is 15.0. The first-order valence-corrected chi connectivity index (χ1v) is 9.89. The molecule has 0 fully saturated rings. The molecule has 0 saturated carbocycles. The van der Waals surface area contributed by atoms with Gasteiger partial charge >= 0.3 is 0 Å². The third kappa shape index (κ3) is 4.45. The number of aromatic nitrogens is 1. The van der Waals surface area contributed by atoms with Crippen LogP contribution in [0.4, 0.5) is 0 Å². The molecule has 0 bridgehead atoms. The molecule has 0 atom stereocenters. The third-order valence-electron chi connectivity index (χ3n) is 4.94. The van der Waals surface area contributed by atoms with Crippen LogP contribution >= 0.6 is 0 Å². The molecule has 0 spiro atoms. The molecule has 0 saturated heterocycles. The summed E-state index contributed by atoms with van der Waals surface area (Å²) < 4.78 is 0. The Bertz CT molecular complexity index is 1340. The third-order valence-corrected chi connectivity index (χ3v) is 4.94. The number of rotatable bonds is 2. The Balaban J connectivity index is 0.000000318. The largest absolute Gasteiger partial charge is 0.512 e. The number of hydrogen-bond donors (Lipinski definition) is 1. The molecule has 1 heterocycles. The van der Waals surface area contributed by atoms with Crippen LogP contribution in [0.2, 0.25) is 0 Å². The number of aliphatic hydroxyl groups is 1. The van der Waals surface area contributed by atoms with Gasteiger partial charge in [0.1, 0.15) is 0 Å². The SMILES string of the molecule is CC(=O)/C=C(/C)O.O=C1c2ccccc2-c2c(-c3[c-]cccc3)nc3ccccc3c21.[Ir]. The minimum atomic E-state index is -0.125. The van der Waals surface area contributed by atoms with Crippen molar-refractivity contribution in [3.05, 3.63) is 102 Å². The van der Waals surface area contributed by atoms with Gasteiger partial charge in [0.15, 0.2) is 11.6 Å². The maximum absolute atomic E-state index is 13.0. The Labute approximate surface area is 200 Å². The molecule has 0 unspecified atom stereocenters. The number of fused-ring (bicyclic) bond motifs is 5. The summed E-state index contributed by atoms with van der Waals surface area (Å²) in [6, 6.07) is 26.6. The van der Waals surface area contributed by atoms with Crippen LogP contribution in [-0.4, -0.2) is 21.7 Å². The molecule has 0 amide bonds. The van der Waals surface area contributed by atoms with Gasteiger partial charge in [-0.25, -0.2) is 0 Å². The molecule has 1 radical (unpaired) electrons. The van der Waals surface area contributed by atoms with Gasteiger partial charge in [0, 0.05) is 42.7 Å². The van der Waals surface area contributed by atoms with Crippen molar-refractivity contribution in [1.29, 1.82) is 0 Å². The van der Waals surface area contributed by atoms with E-state index >= 15 is 0 Å². The molecule has 4 nitrogen and oxygen atoms in total. The molecular formula is C27H20IrNO3-. The Hall–Kier alpha value is -3.40. The summed E-state index contributed by atoms with van der Waals surface area (Å²) >= 11 is 0. The first kappa shape index (κ1) is 23.3. The monoisotopic (exact) mass is 599 g/mol. The van der Waals surface area contributed by atoms with Gasteiger partial charge in [0.05, 0.1) is 11.3 Å². The minimum Gasteiger partial charge on any atom is -0.512 e. The molecule has 4 aromatic rings. The summed E-state index contributed by atoms with van der Waals surface area (Å²) in [6.45, 7) is 2.85. The van der Waals surface area contributed by atoms with Crippen LogP contribution in [0, 0.1) is 6.07 Å². The van der Waals surface area contributed by atoms with E-state index in [2.05, 4.69) is 6.07 Å². The Morgan fingerprint density at radius 1 is 0.906 bits per heavy atom. The summed E-state index contributed by atoms with van der Waals surface area (Å²) in [4.78, 5) is 27.9. The van der Waals surface area contributed by atoms with Gasteiger partial charge in [-0.3, -0.25) is 14.6 Å². The molecule has 1 N–H and O–H groups in total. The summed E-state index contributed by atoms with van der Waals surface area (Å²) in [6.07, 6.45) is 1.17. The standard InChI is InChI=1S/C22H12NO.C5H8O2.Ir/c24-22-16-11-5-4-10-15(16)19-20(22)17-12-6-7-13-18(17)23-21(19)14-8-2-1-3-9-14;1-4(6)3-5(2)7;/h1-8,10-13H;3,6H,1-2H3;/q-1;;/b;4-3-;. The Morgan fingerprint density at radius 3 is 2.19 bits per heavy atom. The van der Waals surface area contributed by atoms with Crippen molar-refractivity contribution < 1.29 is 34.8 Å². The fourth-order valence-corrected chi connectivity index (χ4v) is 3.77. The van der Waals surface area contributed by atoms with E-state index < -0.39 is 0 Å². The van der Waals surface area contributed by atoms with Crippen LogP contribution in [0.1, 0.15) is 29.8 Å². The normalized spacial score (nSPS) is 11.7. The van der Waals surface area contributed by atoms with Crippen LogP contribution in [0.25, 0.3) is 33.3 Å². The molecule has 1 aliphatic carbocycles. The van der Waals surface area contributed by atoms with Gasteiger partial charge in [0.25, 0.3) is 0 Å². The number of nitrogens with zero attached hydrogens (tertiary/aromatic N) is 1. The summed E-state index contributed by atoms with van der Waals surface area (Å²) in [5.74, 6) is 0.0175. The zero-order chi connectivity index (χ0) is 22.0. The second kappa shape index (κ2) is 9.82. The van der Waals surface area contributed by atoms with Crippen LogP contribution < -0.4 is 0 Å². The van der Waals surface area contributed by atoms with Crippen molar-refractivity contribution in [1.82, 2.24) is 4.98 Å². The number of hydrogen-bond acceptors (Lipinski definition) is 4. The van der Waals surface area contributed by atoms with Crippen LogP contribution in [-0.2, 0) is 24.9 Å². The number of aliphatic hydroxyl groups excluding tert-OH is 1. The van der Waals surface area contributed by atoms with E-state index in [-0.39, 0.29) is 37.4 Å². The summed E-state index contributed by atoms with van der Waals surface area (Å²) in [5, 5.41) is 9.27. The average Bonchev–Trinajstić information content (AvgIpc) is 3.07. The van der Waals surface area contributed by atoms with E-state index in [0.29, 0.717) is 0 Å². The van der Waals surface area contributed by atoms with Gasteiger partial charge in [-0.2, -0.15) is 0 Å². The quantitative estimate of drug-likeness (QED) is 0.155. The first-order valence-electron chi connectivity index (χ1n) is 9.89. The number of benzene rings is 3. The molecular weight excluding hydrogens is 579 g/mol. The number of para-hydroxylation sites is 1. The maximum atomic E-state index is 13.0. The van der Waals surface area contributed by atoms with E-state index in [0.717, 1.165) is 44.4 Å². The van der Waals surface area contributed by atoms with Gasteiger partial charge in [-0.1, -0.05) is 42.5 Å². The number of carbonyl (C=O) groups excluding carboxylic acids is 2. The van der Waals surface area contributed by atoms with Gasteiger partial charge < -0.3 is 5.11 Å². The number of allylic oxidation sites excluding steroid dienone is 2. The summed E-state index contributed by atoms with van der Waals surface area (Å²) in [5.41, 5.74) is 5.97. The molecule has 0 aliphatic heterocycles. The molecule has 5 heteroatoms. The molecule has 32 heavy (non-hydrogen) atoms. The molecule has 3 aromatic carbocycles. The Morgan fingerprint density at radius 2 is 1.56 bits per heavy atom. The van der Waals surface area contributed by atoms with E-state index in [4.69, 9.17) is 10.1 Å². The molecule has 161 valence electrons. The van der Waals surface area contributed by atoms with E-state index in [1.54, 1.807) is 0 Å². The molecule has 1 aliphatic rings. The smallest absolute Gasteiger partial charge is 0.194 e. The predicted molar refractivity (Wildman–Crippen MR) is 122 cm³/mol. The Kier molecular flexibility index (Phi) is 7.14. The minimum absolute atomic E-state index is 0. The van der Waals surface area contributed by atoms with E-state index in [9.17, 15) is 9.59 Å². The topological polar surface area (TPSA) is 67.3 Å². The van der Waals surface area contributed by atoms with Gasteiger partial charge in [-0.05, 0) is 36.7 Å². The van der Waals surface area contributed by atoms with Crippen LogP contribution in [0.15, 0.2) is 84.6 Å². The van der Waals surface area contributed by atoms with Crippen molar-refractivity contribution in [2.45, 2.75) is 13.8 Å². The average molecular weight is 599 g/mol. The van der Waals surface area contributed by atoms with Crippen molar-refractivity contribution >= 4 is 22.5 Å². The van der Waals surface area contributed by atoms with Gasteiger partial charge in [0.2, 0.25) is 0 Å². The van der Waals surface area contributed by atoms with Crippen LogP contribution in [0.5, 0.6) is 0 Å². The number of pyridine rings is 1. The van der Waals surface area contributed by atoms with E-state index in [1.165, 1.54) is 19.9 Å². The maximum Gasteiger partial charge on any atom is 0.194 e.